The lowest BCUT2D eigenvalue weighted by Gasteiger charge is -1.99. The molecule has 2 N–H and O–H groups in total. The van der Waals surface area contributed by atoms with Crippen LogP contribution in [-0.2, 0) is 4.74 Å². The first kappa shape index (κ1) is 10.1. The van der Waals surface area contributed by atoms with Gasteiger partial charge >= 0.3 is 5.90 Å². The molecule has 0 aliphatic heterocycles. The minimum Gasteiger partial charge on any atom is -0.448 e. The van der Waals surface area contributed by atoms with Crippen molar-refractivity contribution in [2.75, 3.05) is 12.4 Å². The van der Waals surface area contributed by atoms with Gasteiger partial charge in [0.2, 0.25) is 0 Å². The summed E-state index contributed by atoms with van der Waals surface area (Å²) in [4.78, 5) is 1.21. The first-order chi connectivity index (χ1) is 6.33. The summed E-state index contributed by atoms with van der Waals surface area (Å²) in [5.41, 5.74) is 0. The quantitative estimate of drug-likeness (QED) is 0.442. The van der Waals surface area contributed by atoms with Crippen molar-refractivity contribution in [3.63, 3.8) is 0 Å². The molecule has 0 bridgehead atoms. The van der Waals surface area contributed by atoms with E-state index in [9.17, 15) is 0 Å². The van der Waals surface area contributed by atoms with E-state index < -0.39 is 0 Å². The van der Waals surface area contributed by atoms with Gasteiger partial charge < -0.3 is 4.74 Å². The number of hydrogen-bond acceptors (Lipinski definition) is 2. The highest BCUT2D eigenvalue weighted by atomic mass is 32.2. The number of hydrogen-bond donors (Lipinski definition) is 1. The molecule has 0 unspecified atom stereocenters. The van der Waals surface area contributed by atoms with Crippen molar-refractivity contribution in [3.8, 4) is 0 Å². The average Bonchev–Trinajstić information content (AvgIpc) is 2.17. The van der Waals surface area contributed by atoms with Gasteiger partial charge in [-0.05, 0) is 19.1 Å². The smallest absolute Gasteiger partial charge is 0.343 e. The fourth-order valence-corrected chi connectivity index (χ4v) is 1.64. The molecule has 0 amide bonds. The van der Waals surface area contributed by atoms with Gasteiger partial charge in [-0.2, -0.15) is 0 Å². The molecule has 0 aliphatic rings. The monoisotopic (exact) mass is 196 g/mol. The van der Waals surface area contributed by atoms with Crippen molar-refractivity contribution >= 4 is 17.7 Å². The highest BCUT2D eigenvalue weighted by Crippen LogP contribution is 2.16. The summed E-state index contributed by atoms with van der Waals surface area (Å²) >= 11 is 1.68. The van der Waals surface area contributed by atoms with Crippen LogP contribution in [0.5, 0.6) is 0 Å². The van der Waals surface area contributed by atoms with Crippen LogP contribution in [0.3, 0.4) is 0 Å². The minimum absolute atomic E-state index is 0.594. The predicted octanol–water partition coefficient (Wildman–Crippen LogP) is 0.973. The summed E-state index contributed by atoms with van der Waals surface area (Å²) in [5.74, 6) is 1.31. The molecule has 13 heavy (non-hydrogen) atoms. The molecule has 0 spiro atoms. The second-order valence-electron chi connectivity index (χ2n) is 2.50. The molecule has 0 saturated heterocycles. The molecule has 3 heteroatoms. The van der Waals surface area contributed by atoms with Crippen molar-refractivity contribution in [1.82, 2.24) is 0 Å². The standard InChI is InChI=1S/C10H13NOS/c1-2-12-10(11)8-13-9-6-4-3-5-7-9/h3-7,11H,2,8H2,1H3/p+1. The van der Waals surface area contributed by atoms with Crippen LogP contribution in [0.15, 0.2) is 35.2 Å². The lowest BCUT2D eigenvalue weighted by Crippen LogP contribution is -2.43. The zero-order valence-electron chi connectivity index (χ0n) is 7.69. The van der Waals surface area contributed by atoms with Crippen molar-refractivity contribution in [1.29, 1.82) is 0 Å². The second-order valence-corrected chi connectivity index (χ2v) is 3.55. The molecule has 0 saturated carbocycles. The van der Waals surface area contributed by atoms with Gasteiger partial charge in [-0.1, -0.05) is 18.2 Å². The van der Waals surface area contributed by atoms with Crippen LogP contribution in [0.4, 0.5) is 0 Å². The first-order valence-electron chi connectivity index (χ1n) is 4.25. The topological polar surface area (TPSA) is 34.8 Å². The maximum Gasteiger partial charge on any atom is 0.343 e. The fraction of sp³-hybridized carbons (Fsp3) is 0.300. The summed E-state index contributed by atoms with van der Waals surface area (Å²) in [6, 6.07) is 10.1. The maximum absolute atomic E-state index is 5.61. The second kappa shape index (κ2) is 5.65. The Kier molecular flexibility index (Phi) is 4.40. The van der Waals surface area contributed by atoms with Gasteiger partial charge in [-0.3, -0.25) is 0 Å². The normalized spacial score (nSPS) is 9.62. The number of ether oxygens (including phenoxy) is 1. The Bertz CT molecular complexity index is 261. The minimum atomic E-state index is 0.594. The molecule has 0 aromatic heterocycles. The zero-order valence-corrected chi connectivity index (χ0v) is 8.51. The summed E-state index contributed by atoms with van der Waals surface area (Å²) in [6.45, 7) is 2.57. The van der Waals surface area contributed by atoms with Crippen molar-refractivity contribution in [2.24, 2.45) is 0 Å². The molecule has 0 atom stereocenters. The van der Waals surface area contributed by atoms with E-state index in [1.54, 1.807) is 11.8 Å². The van der Waals surface area contributed by atoms with Crippen LogP contribution in [0, 0.1) is 0 Å². The zero-order chi connectivity index (χ0) is 9.52. The van der Waals surface area contributed by atoms with Crippen molar-refractivity contribution in [2.45, 2.75) is 11.8 Å². The first-order valence-corrected chi connectivity index (χ1v) is 5.23. The lowest BCUT2D eigenvalue weighted by atomic mass is 10.4. The number of nitrogens with two attached hydrogens (primary N) is 1. The number of benzene rings is 1. The van der Waals surface area contributed by atoms with Gasteiger partial charge in [0, 0.05) is 4.90 Å². The Morgan fingerprint density at radius 2 is 2.08 bits per heavy atom. The van der Waals surface area contributed by atoms with Gasteiger partial charge in [-0.15, -0.1) is 11.8 Å². The van der Waals surface area contributed by atoms with E-state index in [1.165, 1.54) is 4.90 Å². The Morgan fingerprint density at radius 3 is 2.69 bits per heavy atom. The summed E-state index contributed by atoms with van der Waals surface area (Å²) in [6.07, 6.45) is 0. The maximum atomic E-state index is 5.61. The van der Waals surface area contributed by atoms with Crippen LogP contribution in [0.25, 0.3) is 0 Å². The summed E-state index contributed by atoms with van der Waals surface area (Å²) in [5, 5.41) is 5.61. The third-order valence-electron chi connectivity index (χ3n) is 1.45. The van der Waals surface area contributed by atoms with Crippen LogP contribution in [-0.4, -0.2) is 18.3 Å². The van der Waals surface area contributed by atoms with E-state index in [0.29, 0.717) is 12.5 Å². The van der Waals surface area contributed by atoms with Gasteiger partial charge in [-0.25, -0.2) is 5.41 Å². The van der Waals surface area contributed by atoms with E-state index in [-0.39, 0.29) is 0 Å². The van der Waals surface area contributed by atoms with E-state index in [2.05, 4.69) is 12.1 Å². The van der Waals surface area contributed by atoms with Gasteiger partial charge in [0.25, 0.3) is 0 Å². The van der Waals surface area contributed by atoms with E-state index in [0.717, 1.165) is 5.75 Å². The molecule has 0 heterocycles. The van der Waals surface area contributed by atoms with Crippen LogP contribution >= 0.6 is 11.8 Å². The van der Waals surface area contributed by atoms with Gasteiger partial charge in [0.1, 0.15) is 5.75 Å². The fourth-order valence-electron chi connectivity index (χ4n) is 0.898. The molecule has 0 radical (unpaired) electrons. The molecular weight excluding hydrogens is 182 g/mol. The molecule has 1 aromatic carbocycles. The number of rotatable bonds is 4. The Balaban J connectivity index is 2.31. The molecule has 1 aromatic rings. The van der Waals surface area contributed by atoms with Crippen LogP contribution < -0.4 is 5.41 Å². The van der Waals surface area contributed by atoms with Crippen LogP contribution in [0.1, 0.15) is 6.92 Å². The molecule has 0 aliphatic carbocycles. The predicted molar refractivity (Wildman–Crippen MR) is 55.7 cm³/mol. The highest BCUT2D eigenvalue weighted by molar-refractivity contribution is 8.00. The van der Waals surface area contributed by atoms with Gasteiger partial charge in [0.05, 0.1) is 6.61 Å². The van der Waals surface area contributed by atoms with E-state index in [4.69, 9.17) is 10.1 Å². The number of thioether (sulfide) groups is 1. The third kappa shape index (κ3) is 3.99. The average molecular weight is 196 g/mol. The summed E-state index contributed by atoms with van der Waals surface area (Å²) in [7, 11) is 0. The molecule has 0 fully saturated rings. The van der Waals surface area contributed by atoms with E-state index >= 15 is 0 Å². The lowest BCUT2D eigenvalue weighted by molar-refractivity contribution is -0.139. The summed E-state index contributed by atoms with van der Waals surface area (Å²) < 4.78 is 5.14. The van der Waals surface area contributed by atoms with Gasteiger partial charge in [0.15, 0.2) is 0 Å². The van der Waals surface area contributed by atoms with E-state index in [1.807, 2.05) is 25.1 Å². The highest BCUT2D eigenvalue weighted by Gasteiger charge is 2.03. The van der Waals surface area contributed by atoms with Crippen LogP contribution in [0.2, 0.25) is 0 Å². The molecular formula is C10H14NOS+. The SMILES string of the molecule is CCOC(=[NH2+])CSc1ccccc1. The largest absolute Gasteiger partial charge is 0.448 e. The van der Waals surface area contributed by atoms with Crippen molar-refractivity contribution in [3.05, 3.63) is 30.3 Å². The Morgan fingerprint density at radius 1 is 1.38 bits per heavy atom. The van der Waals surface area contributed by atoms with Crippen molar-refractivity contribution < 1.29 is 10.1 Å². The Labute approximate surface area is 82.8 Å². The molecule has 70 valence electrons. The molecule has 1 rings (SSSR count). The molecule has 2 nitrogen and oxygen atoms in total. The Hall–Kier alpha value is -0.960. The third-order valence-corrected chi connectivity index (χ3v) is 2.49.